The van der Waals surface area contributed by atoms with Crippen molar-refractivity contribution < 1.29 is 4.74 Å². The number of nitrogens with one attached hydrogen (secondary N) is 1. The van der Waals surface area contributed by atoms with Crippen LogP contribution in [0.5, 0.6) is 5.75 Å². The third kappa shape index (κ3) is 2.26. The maximum Gasteiger partial charge on any atom is 0.119 e. The lowest BCUT2D eigenvalue weighted by Crippen LogP contribution is -2.43. The summed E-state index contributed by atoms with van der Waals surface area (Å²) in [6.45, 7) is 5.10. The van der Waals surface area contributed by atoms with Crippen LogP contribution in [0.1, 0.15) is 12.5 Å². The minimum atomic E-state index is 0.742. The van der Waals surface area contributed by atoms with Gasteiger partial charge < -0.3 is 10.1 Å². The van der Waals surface area contributed by atoms with Crippen molar-refractivity contribution in [3.8, 4) is 5.75 Å². The van der Waals surface area contributed by atoms with Crippen molar-refractivity contribution in [1.29, 1.82) is 0 Å². The number of benzene rings is 1. The summed E-state index contributed by atoms with van der Waals surface area (Å²) in [5.74, 6) is 1.82. The van der Waals surface area contributed by atoms with E-state index >= 15 is 0 Å². The van der Waals surface area contributed by atoms with Gasteiger partial charge >= 0.3 is 0 Å². The van der Waals surface area contributed by atoms with Gasteiger partial charge in [0.1, 0.15) is 5.75 Å². The van der Waals surface area contributed by atoms with E-state index in [0.717, 1.165) is 18.3 Å². The summed E-state index contributed by atoms with van der Waals surface area (Å²) in [6, 6.07) is 8.46. The number of hydrogen-bond donors (Lipinski definition) is 1. The third-order valence-corrected chi connectivity index (χ3v) is 2.62. The first-order valence-corrected chi connectivity index (χ1v) is 5.31. The largest absolute Gasteiger partial charge is 0.494 e. The molecule has 0 spiro atoms. The maximum atomic E-state index is 5.39. The molecule has 1 aliphatic heterocycles. The van der Waals surface area contributed by atoms with Crippen LogP contribution in [-0.4, -0.2) is 19.7 Å². The molecule has 0 aliphatic carbocycles. The molecular formula is C12H17NO. The van der Waals surface area contributed by atoms with Gasteiger partial charge in [0.15, 0.2) is 0 Å². The van der Waals surface area contributed by atoms with E-state index in [1.54, 1.807) is 0 Å². The smallest absolute Gasteiger partial charge is 0.119 e. The highest BCUT2D eigenvalue weighted by Crippen LogP contribution is 2.16. The molecular weight excluding hydrogens is 174 g/mol. The molecule has 0 bridgehead atoms. The average molecular weight is 191 g/mol. The Morgan fingerprint density at radius 3 is 2.50 bits per heavy atom. The van der Waals surface area contributed by atoms with Gasteiger partial charge in [-0.2, -0.15) is 0 Å². The quantitative estimate of drug-likeness (QED) is 0.784. The summed E-state index contributed by atoms with van der Waals surface area (Å²) in [6.07, 6.45) is 1.19. The van der Waals surface area contributed by atoms with E-state index in [2.05, 4.69) is 29.6 Å². The zero-order valence-electron chi connectivity index (χ0n) is 8.62. The summed E-state index contributed by atoms with van der Waals surface area (Å²) in [5.41, 5.74) is 1.42. The predicted octanol–water partition coefficient (Wildman–Crippen LogP) is 1.85. The van der Waals surface area contributed by atoms with Crippen molar-refractivity contribution in [3.05, 3.63) is 29.8 Å². The minimum Gasteiger partial charge on any atom is -0.494 e. The molecule has 14 heavy (non-hydrogen) atoms. The van der Waals surface area contributed by atoms with Gasteiger partial charge in [0, 0.05) is 0 Å². The summed E-state index contributed by atoms with van der Waals surface area (Å²) in [7, 11) is 0. The molecule has 1 saturated heterocycles. The first kappa shape index (κ1) is 9.53. The Morgan fingerprint density at radius 2 is 2.00 bits per heavy atom. The molecule has 1 N–H and O–H groups in total. The molecule has 0 aromatic heterocycles. The second-order valence-corrected chi connectivity index (χ2v) is 3.81. The van der Waals surface area contributed by atoms with Crippen molar-refractivity contribution in [3.63, 3.8) is 0 Å². The average Bonchev–Trinajstić information content (AvgIpc) is 2.14. The zero-order valence-corrected chi connectivity index (χ0v) is 8.62. The summed E-state index contributed by atoms with van der Waals surface area (Å²) < 4.78 is 5.39. The summed E-state index contributed by atoms with van der Waals surface area (Å²) >= 11 is 0. The van der Waals surface area contributed by atoms with Crippen molar-refractivity contribution >= 4 is 0 Å². The van der Waals surface area contributed by atoms with Gasteiger partial charge in [-0.25, -0.2) is 0 Å². The number of rotatable bonds is 4. The predicted molar refractivity (Wildman–Crippen MR) is 57.7 cm³/mol. The molecule has 0 atom stereocenters. The Morgan fingerprint density at radius 1 is 1.29 bits per heavy atom. The normalized spacial score (nSPS) is 16.4. The monoisotopic (exact) mass is 191 g/mol. The lowest BCUT2D eigenvalue weighted by Gasteiger charge is -2.27. The SMILES string of the molecule is CCOc1ccc(CC2CNC2)cc1. The molecule has 2 nitrogen and oxygen atoms in total. The number of ether oxygens (including phenoxy) is 1. The Hall–Kier alpha value is -1.02. The van der Waals surface area contributed by atoms with Crippen LogP contribution in [0, 0.1) is 5.92 Å². The Bertz CT molecular complexity index is 277. The first-order valence-electron chi connectivity index (χ1n) is 5.31. The van der Waals surface area contributed by atoms with Crippen LogP contribution in [0.3, 0.4) is 0 Å². The Balaban J connectivity index is 1.91. The van der Waals surface area contributed by atoms with Gasteiger partial charge in [0.05, 0.1) is 6.61 Å². The van der Waals surface area contributed by atoms with Gasteiger partial charge in [-0.05, 0) is 50.0 Å². The minimum absolute atomic E-state index is 0.742. The second kappa shape index (κ2) is 4.47. The molecule has 1 heterocycles. The molecule has 0 amide bonds. The van der Waals surface area contributed by atoms with Crippen LogP contribution >= 0.6 is 0 Å². The van der Waals surface area contributed by atoms with Crippen molar-refractivity contribution in [2.24, 2.45) is 5.92 Å². The highest BCUT2D eigenvalue weighted by atomic mass is 16.5. The molecule has 1 aliphatic rings. The van der Waals surface area contributed by atoms with E-state index in [1.165, 1.54) is 25.1 Å². The van der Waals surface area contributed by atoms with Gasteiger partial charge in [-0.3, -0.25) is 0 Å². The van der Waals surface area contributed by atoms with Crippen LogP contribution in [-0.2, 0) is 6.42 Å². The Labute approximate surface area is 85.3 Å². The topological polar surface area (TPSA) is 21.3 Å². The third-order valence-electron chi connectivity index (χ3n) is 2.62. The highest BCUT2D eigenvalue weighted by Gasteiger charge is 2.16. The highest BCUT2D eigenvalue weighted by molar-refractivity contribution is 5.27. The molecule has 76 valence electrons. The van der Waals surface area contributed by atoms with Crippen molar-refractivity contribution in [2.45, 2.75) is 13.3 Å². The van der Waals surface area contributed by atoms with E-state index in [0.29, 0.717) is 0 Å². The molecule has 0 saturated carbocycles. The van der Waals surface area contributed by atoms with Crippen LogP contribution in [0.4, 0.5) is 0 Å². The van der Waals surface area contributed by atoms with Gasteiger partial charge in [0.25, 0.3) is 0 Å². The summed E-state index contributed by atoms with van der Waals surface area (Å²) in [4.78, 5) is 0. The molecule has 1 aromatic carbocycles. The molecule has 0 radical (unpaired) electrons. The van der Waals surface area contributed by atoms with E-state index in [1.807, 2.05) is 6.92 Å². The van der Waals surface area contributed by atoms with Crippen LogP contribution < -0.4 is 10.1 Å². The van der Waals surface area contributed by atoms with Crippen molar-refractivity contribution in [1.82, 2.24) is 5.32 Å². The van der Waals surface area contributed by atoms with Crippen LogP contribution in [0.25, 0.3) is 0 Å². The first-order chi connectivity index (χ1) is 6.88. The second-order valence-electron chi connectivity index (χ2n) is 3.81. The lowest BCUT2D eigenvalue weighted by atomic mass is 9.94. The number of hydrogen-bond acceptors (Lipinski definition) is 2. The van der Waals surface area contributed by atoms with E-state index in [4.69, 9.17) is 4.74 Å². The van der Waals surface area contributed by atoms with Gasteiger partial charge in [-0.1, -0.05) is 12.1 Å². The van der Waals surface area contributed by atoms with E-state index in [9.17, 15) is 0 Å². The molecule has 1 fully saturated rings. The molecule has 0 unspecified atom stereocenters. The summed E-state index contributed by atoms with van der Waals surface area (Å²) in [5, 5.41) is 3.29. The van der Waals surface area contributed by atoms with E-state index < -0.39 is 0 Å². The fourth-order valence-electron chi connectivity index (χ4n) is 1.71. The van der Waals surface area contributed by atoms with Crippen molar-refractivity contribution in [2.75, 3.05) is 19.7 Å². The van der Waals surface area contributed by atoms with Crippen LogP contribution in [0.2, 0.25) is 0 Å². The zero-order chi connectivity index (χ0) is 9.80. The molecule has 2 heteroatoms. The van der Waals surface area contributed by atoms with Gasteiger partial charge in [-0.15, -0.1) is 0 Å². The van der Waals surface area contributed by atoms with Crippen LogP contribution in [0.15, 0.2) is 24.3 Å². The standard InChI is InChI=1S/C12H17NO/c1-2-14-12-5-3-10(4-6-12)7-11-8-13-9-11/h3-6,11,13H,2,7-9H2,1H3. The Kier molecular flexibility index (Phi) is 3.04. The molecule has 1 aromatic rings. The lowest BCUT2D eigenvalue weighted by molar-refractivity contribution is 0.338. The van der Waals surface area contributed by atoms with Gasteiger partial charge in [0.2, 0.25) is 0 Å². The van der Waals surface area contributed by atoms with E-state index in [-0.39, 0.29) is 0 Å². The molecule has 2 rings (SSSR count). The maximum absolute atomic E-state index is 5.39. The fraction of sp³-hybridized carbons (Fsp3) is 0.500. The fourth-order valence-corrected chi connectivity index (χ4v) is 1.71.